The van der Waals surface area contributed by atoms with Gasteiger partial charge in [0.05, 0.1) is 17.8 Å². The molecular weight excluding hydrogens is 347 g/mol. The molecule has 130 valence electrons. The van der Waals surface area contributed by atoms with Crippen LogP contribution in [0, 0.1) is 19.8 Å². The highest BCUT2D eigenvalue weighted by molar-refractivity contribution is 6.30. The molecule has 0 atom stereocenters. The number of aromatic nitrogens is 2. The van der Waals surface area contributed by atoms with Crippen LogP contribution in [0.1, 0.15) is 27.3 Å². The van der Waals surface area contributed by atoms with Crippen molar-refractivity contribution in [2.75, 3.05) is 19.6 Å². The number of aryl methyl sites for hydroxylation is 1. The zero-order valence-corrected chi connectivity index (χ0v) is 15.4. The second kappa shape index (κ2) is 8.01. The van der Waals surface area contributed by atoms with E-state index in [1.165, 1.54) is 0 Å². The number of hydrogen-bond donors (Lipinski definition) is 2. The topological polar surface area (TPSA) is 59.0 Å². The summed E-state index contributed by atoms with van der Waals surface area (Å²) in [6.07, 6.45) is 0. The molecule has 3 rings (SSSR count). The summed E-state index contributed by atoms with van der Waals surface area (Å²) in [4.78, 5) is 12.4. The Kier molecular flexibility index (Phi) is 6.27. The molecule has 0 unspecified atom stereocenters. The van der Waals surface area contributed by atoms with Crippen LogP contribution < -0.4 is 10.6 Å². The van der Waals surface area contributed by atoms with Gasteiger partial charge in [0.15, 0.2) is 0 Å². The highest BCUT2D eigenvalue weighted by Crippen LogP contribution is 2.16. The van der Waals surface area contributed by atoms with Gasteiger partial charge < -0.3 is 10.6 Å². The fourth-order valence-corrected chi connectivity index (χ4v) is 2.89. The zero-order chi connectivity index (χ0) is 16.4. The van der Waals surface area contributed by atoms with Gasteiger partial charge in [-0.15, -0.1) is 12.4 Å². The van der Waals surface area contributed by atoms with Crippen molar-refractivity contribution in [2.45, 2.75) is 20.4 Å². The first-order valence-corrected chi connectivity index (χ1v) is 8.19. The summed E-state index contributed by atoms with van der Waals surface area (Å²) in [5.74, 6) is 0.512. The van der Waals surface area contributed by atoms with Gasteiger partial charge in [0.25, 0.3) is 5.91 Å². The molecule has 0 radical (unpaired) electrons. The SMILES string of the molecule is Cc1nn(Cc2ccc(Cl)cc2)c(C)c1C(=O)NCC1CNC1.Cl. The number of amides is 1. The van der Waals surface area contributed by atoms with E-state index in [4.69, 9.17) is 11.6 Å². The standard InChI is InChI=1S/C17H21ClN4O.ClH/c1-11-16(17(23)20-9-14-7-19-8-14)12(2)22(21-11)10-13-3-5-15(18)6-4-13;/h3-6,14,19H,7-10H2,1-2H3,(H,20,23);1H. The smallest absolute Gasteiger partial charge is 0.255 e. The van der Waals surface area contributed by atoms with Crippen LogP contribution in [-0.2, 0) is 6.54 Å². The fourth-order valence-electron chi connectivity index (χ4n) is 2.76. The summed E-state index contributed by atoms with van der Waals surface area (Å²) in [5, 5.41) is 11.5. The first kappa shape index (κ1) is 18.8. The summed E-state index contributed by atoms with van der Waals surface area (Å²) < 4.78 is 1.87. The number of benzene rings is 1. The van der Waals surface area contributed by atoms with Crippen molar-refractivity contribution in [1.29, 1.82) is 0 Å². The number of halogens is 2. The third-order valence-electron chi connectivity index (χ3n) is 4.27. The van der Waals surface area contributed by atoms with E-state index in [2.05, 4.69) is 15.7 Å². The van der Waals surface area contributed by atoms with E-state index < -0.39 is 0 Å². The minimum absolute atomic E-state index is 0. The van der Waals surface area contributed by atoms with Crippen molar-refractivity contribution in [2.24, 2.45) is 5.92 Å². The molecule has 0 spiro atoms. The molecule has 24 heavy (non-hydrogen) atoms. The Morgan fingerprint density at radius 3 is 2.58 bits per heavy atom. The predicted octanol–water partition coefficient (Wildman–Crippen LogP) is 2.57. The third-order valence-corrected chi connectivity index (χ3v) is 4.52. The summed E-state index contributed by atoms with van der Waals surface area (Å²) in [7, 11) is 0. The molecule has 1 aromatic heterocycles. The van der Waals surface area contributed by atoms with Crippen molar-refractivity contribution in [3.05, 3.63) is 51.8 Å². The lowest BCUT2D eigenvalue weighted by atomic mass is 10.0. The van der Waals surface area contributed by atoms with Gasteiger partial charge in [-0.25, -0.2) is 0 Å². The number of nitrogens with zero attached hydrogens (tertiary/aromatic N) is 2. The van der Waals surface area contributed by atoms with Gasteiger partial charge in [-0.3, -0.25) is 9.48 Å². The Bertz CT molecular complexity index is 708. The highest BCUT2D eigenvalue weighted by atomic mass is 35.5. The van der Waals surface area contributed by atoms with Crippen LogP contribution in [0.25, 0.3) is 0 Å². The molecule has 1 saturated heterocycles. The molecule has 7 heteroatoms. The van der Waals surface area contributed by atoms with E-state index in [1.807, 2.05) is 42.8 Å². The number of nitrogens with one attached hydrogen (secondary N) is 2. The molecule has 1 aliphatic rings. The summed E-state index contributed by atoms with van der Waals surface area (Å²) in [6, 6.07) is 7.68. The van der Waals surface area contributed by atoms with E-state index in [9.17, 15) is 4.79 Å². The molecule has 2 heterocycles. The van der Waals surface area contributed by atoms with E-state index >= 15 is 0 Å². The summed E-state index contributed by atoms with van der Waals surface area (Å²) >= 11 is 5.91. The van der Waals surface area contributed by atoms with Crippen molar-refractivity contribution >= 4 is 29.9 Å². The molecule has 1 aliphatic heterocycles. The average Bonchev–Trinajstić information content (AvgIpc) is 2.74. The van der Waals surface area contributed by atoms with Crippen LogP contribution in [0.15, 0.2) is 24.3 Å². The van der Waals surface area contributed by atoms with Crippen molar-refractivity contribution < 1.29 is 4.79 Å². The Morgan fingerprint density at radius 2 is 2.00 bits per heavy atom. The molecule has 1 fully saturated rings. The van der Waals surface area contributed by atoms with Crippen LogP contribution in [0.3, 0.4) is 0 Å². The van der Waals surface area contributed by atoms with E-state index in [-0.39, 0.29) is 18.3 Å². The maximum atomic E-state index is 12.4. The van der Waals surface area contributed by atoms with Gasteiger partial charge in [-0.2, -0.15) is 5.10 Å². The Morgan fingerprint density at radius 1 is 1.33 bits per heavy atom. The van der Waals surface area contributed by atoms with Crippen molar-refractivity contribution in [1.82, 2.24) is 20.4 Å². The highest BCUT2D eigenvalue weighted by Gasteiger charge is 2.21. The molecular formula is C17H22Cl2N4O. The third kappa shape index (κ3) is 4.09. The lowest BCUT2D eigenvalue weighted by Crippen LogP contribution is -2.48. The average molecular weight is 369 g/mol. The number of rotatable bonds is 5. The Labute approximate surface area is 153 Å². The molecule has 1 aromatic carbocycles. The summed E-state index contributed by atoms with van der Waals surface area (Å²) in [5.41, 5.74) is 3.45. The van der Waals surface area contributed by atoms with E-state index in [0.29, 0.717) is 29.6 Å². The van der Waals surface area contributed by atoms with Crippen LogP contribution in [0.2, 0.25) is 5.02 Å². The van der Waals surface area contributed by atoms with E-state index in [1.54, 1.807) is 0 Å². The number of carbonyl (C=O) groups excluding carboxylic acids is 1. The normalized spacial score (nSPS) is 14.0. The number of hydrogen-bond acceptors (Lipinski definition) is 3. The largest absolute Gasteiger partial charge is 0.352 e. The molecule has 2 N–H and O–H groups in total. The van der Waals surface area contributed by atoms with Crippen LogP contribution in [0.5, 0.6) is 0 Å². The van der Waals surface area contributed by atoms with Gasteiger partial charge in [0.2, 0.25) is 0 Å². The van der Waals surface area contributed by atoms with Gasteiger partial charge in [-0.05, 0) is 31.5 Å². The summed E-state index contributed by atoms with van der Waals surface area (Å²) in [6.45, 7) is 7.12. The quantitative estimate of drug-likeness (QED) is 0.852. The molecule has 0 aliphatic carbocycles. The Balaban J connectivity index is 0.00000208. The molecule has 1 amide bonds. The predicted molar refractivity (Wildman–Crippen MR) is 98.2 cm³/mol. The lowest BCUT2D eigenvalue weighted by molar-refractivity contribution is 0.0941. The minimum atomic E-state index is -0.0331. The van der Waals surface area contributed by atoms with Crippen molar-refractivity contribution in [3.63, 3.8) is 0 Å². The first-order valence-electron chi connectivity index (χ1n) is 7.82. The first-order chi connectivity index (χ1) is 11.0. The second-order valence-corrected chi connectivity index (χ2v) is 6.50. The van der Waals surface area contributed by atoms with Gasteiger partial charge in [0, 0.05) is 36.3 Å². The van der Waals surface area contributed by atoms with Gasteiger partial charge >= 0.3 is 0 Å². The molecule has 0 bridgehead atoms. The van der Waals surface area contributed by atoms with E-state index in [0.717, 1.165) is 30.0 Å². The molecule has 2 aromatic rings. The maximum Gasteiger partial charge on any atom is 0.255 e. The van der Waals surface area contributed by atoms with Crippen LogP contribution in [-0.4, -0.2) is 35.3 Å². The minimum Gasteiger partial charge on any atom is -0.352 e. The molecule has 5 nitrogen and oxygen atoms in total. The van der Waals surface area contributed by atoms with Crippen LogP contribution >= 0.6 is 24.0 Å². The zero-order valence-electron chi connectivity index (χ0n) is 13.8. The van der Waals surface area contributed by atoms with Gasteiger partial charge in [-0.1, -0.05) is 23.7 Å². The van der Waals surface area contributed by atoms with Gasteiger partial charge in [0.1, 0.15) is 0 Å². The lowest BCUT2D eigenvalue weighted by Gasteiger charge is -2.27. The second-order valence-electron chi connectivity index (χ2n) is 6.06. The molecule has 0 saturated carbocycles. The number of carbonyl (C=O) groups is 1. The monoisotopic (exact) mass is 368 g/mol. The van der Waals surface area contributed by atoms with Crippen LogP contribution in [0.4, 0.5) is 0 Å². The van der Waals surface area contributed by atoms with Crippen molar-refractivity contribution in [3.8, 4) is 0 Å². The fraction of sp³-hybridized carbons (Fsp3) is 0.412. The Hall–Kier alpha value is -1.56. The maximum absolute atomic E-state index is 12.4.